The third-order valence-corrected chi connectivity index (χ3v) is 2.83. The minimum Gasteiger partial charge on any atom is -0.491 e. The second-order valence-corrected chi connectivity index (χ2v) is 4.02. The molecule has 1 aromatic carbocycles. The summed E-state index contributed by atoms with van der Waals surface area (Å²) in [6, 6.07) is 11.9. The van der Waals surface area contributed by atoms with Crippen LogP contribution in [0.1, 0.15) is 11.6 Å². The average Bonchev–Trinajstić information content (AvgIpc) is 2.76. The van der Waals surface area contributed by atoms with Gasteiger partial charge in [-0.1, -0.05) is 18.2 Å². The van der Waals surface area contributed by atoms with E-state index in [1.165, 1.54) is 5.56 Å². The molecule has 4 nitrogen and oxygen atoms in total. The van der Waals surface area contributed by atoms with Crippen LogP contribution in [0.15, 0.2) is 42.6 Å². The topological polar surface area (TPSA) is 60.2 Å². The highest BCUT2D eigenvalue weighted by Crippen LogP contribution is 2.33. The zero-order valence-electron chi connectivity index (χ0n) is 9.26. The van der Waals surface area contributed by atoms with E-state index in [-0.39, 0.29) is 6.04 Å². The van der Waals surface area contributed by atoms with Crippen molar-refractivity contribution < 1.29 is 4.74 Å². The van der Waals surface area contributed by atoms with E-state index >= 15 is 0 Å². The van der Waals surface area contributed by atoms with Gasteiger partial charge in [0, 0.05) is 5.56 Å². The second kappa shape index (κ2) is 3.97. The first kappa shape index (κ1) is 9.96. The molecule has 1 unspecified atom stereocenters. The van der Waals surface area contributed by atoms with Crippen molar-refractivity contribution in [2.24, 2.45) is 0 Å². The number of nitrogens with one attached hydrogen (secondary N) is 1. The molecule has 1 aliphatic heterocycles. The van der Waals surface area contributed by atoms with Gasteiger partial charge in [-0.05, 0) is 18.2 Å². The van der Waals surface area contributed by atoms with Gasteiger partial charge in [-0.15, -0.1) is 0 Å². The Labute approximate surface area is 99.4 Å². The molecule has 1 aromatic heterocycles. The minimum absolute atomic E-state index is 0.177. The third kappa shape index (κ3) is 1.89. The van der Waals surface area contributed by atoms with Crippen LogP contribution in [0.2, 0.25) is 0 Å². The quantitative estimate of drug-likeness (QED) is 0.825. The summed E-state index contributed by atoms with van der Waals surface area (Å²) in [6.45, 7) is 0.643. The Morgan fingerprint density at radius 3 is 2.94 bits per heavy atom. The maximum Gasteiger partial charge on any atom is 0.124 e. The highest BCUT2D eigenvalue weighted by molar-refractivity contribution is 5.50. The number of anilines is 2. The van der Waals surface area contributed by atoms with E-state index in [1.807, 2.05) is 24.3 Å². The third-order valence-electron chi connectivity index (χ3n) is 2.83. The van der Waals surface area contributed by atoms with Gasteiger partial charge >= 0.3 is 0 Å². The fourth-order valence-corrected chi connectivity index (χ4v) is 1.97. The van der Waals surface area contributed by atoms with Gasteiger partial charge in [-0.3, -0.25) is 0 Å². The van der Waals surface area contributed by atoms with E-state index in [0.717, 1.165) is 11.4 Å². The van der Waals surface area contributed by atoms with Crippen LogP contribution in [0.5, 0.6) is 5.75 Å². The maximum atomic E-state index is 5.60. The molecule has 1 atom stereocenters. The highest BCUT2D eigenvalue weighted by atomic mass is 16.5. The molecule has 86 valence electrons. The average molecular weight is 227 g/mol. The fraction of sp³-hybridized carbons (Fsp3) is 0.154. The summed E-state index contributed by atoms with van der Waals surface area (Å²) in [5.41, 5.74) is 7.68. The first-order valence-corrected chi connectivity index (χ1v) is 5.53. The van der Waals surface area contributed by atoms with Gasteiger partial charge in [0.15, 0.2) is 0 Å². The molecule has 3 N–H and O–H groups in total. The number of nitrogen functional groups attached to an aromatic ring is 1. The van der Waals surface area contributed by atoms with E-state index in [1.54, 1.807) is 12.3 Å². The molecule has 1 aliphatic rings. The maximum absolute atomic E-state index is 5.60. The summed E-state index contributed by atoms with van der Waals surface area (Å²) in [5.74, 6) is 1.48. The molecule has 0 aliphatic carbocycles. The molecule has 0 bridgehead atoms. The summed E-state index contributed by atoms with van der Waals surface area (Å²) in [4.78, 5) is 4.05. The lowest BCUT2D eigenvalue weighted by Gasteiger charge is -2.12. The molecule has 0 saturated carbocycles. The van der Waals surface area contributed by atoms with Crippen molar-refractivity contribution in [3.8, 4) is 5.75 Å². The molecular weight excluding hydrogens is 214 g/mol. The van der Waals surface area contributed by atoms with Gasteiger partial charge in [-0.25, -0.2) is 4.98 Å². The van der Waals surface area contributed by atoms with E-state index in [9.17, 15) is 0 Å². The smallest absolute Gasteiger partial charge is 0.124 e. The van der Waals surface area contributed by atoms with Crippen LogP contribution in [0.3, 0.4) is 0 Å². The second-order valence-electron chi connectivity index (χ2n) is 4.02. The van der Waals surface area contributed by atoms with Crippen LogP contribution >= 0.6 is 0 Å². The van der Waals surface area contributed by atoms with E-state index in [2.05, 4.69) is 16.4 Å². The predicted octanol–water partition coefficient (Wildman–Crippen LogP) is 2.21. The lowest BCUT2D eigenvalue weighted by Crippen LogP contribution is -2.12. The van der Waals surface area contributed by atoms with Crippen LogP contribution in [0.25, 0.3) is 0 Å². The first-order valence-electron chi connectivity index (χ1n) is 5.53. The number of benzene rings is 1. The Balaban J connectivity index is 1.81. The van der Waals surface area contributed by atoms with Crippen LogP contribution in [0, 0.1) is 0 Å². The SMILES string of the molecule is Nc1ccc(NC2COc3ccccc32)cn1. The Morgan fingerprint density at radius 1 is 1.24 bits per heavy atom. The number of fused-ring (bicyclic) bond motifs is 1. The van der Waals surface area contributed by atoms with Crippen LogP contribution in [-0.2, 0) is 0 Å². The van der Waals surface area contributed by atoms with Crippen molar-refractivity contribution in [1.29, 1.82) is 0 Å². The molecule has 0 saturated heterocycles. The molecule has 0 amide bonds. The number of hydrogen-bond donors (Lipinski definition) is 2. The normalized spacial score (nSPS) is 17.3. The molecule has 4 heteroatoms. The van der Waals surface area contributed by atoms with Crippen LogP contribution < -0.4 is 15.8 Å². The van der Waals surface area contributed by atoms with Crippen molar-refractivity contribution >= 4 is 11.5 Å². The van der Waals surface area contributed by atoms with Crippen molar-refractivity contribution in [3.63, 3.8) is 0 Å². The number of aromatic nitrogens is 1. The molecule has 2 heterocycles. The number of nitrogens with two attached hydrogens (primary N) is 1. The summed E-state index contributed by atoms with van der Waals surface area (Å²) in [6.07, 6.45) is 1.73. The lowest BCUT2D eigenvalue weighted by atomic mass is 10.1. The monoisotopic (exact) mass is 227 g/mol. The van der Waals surface area contributed by atoms with Gasteiger partial charge in [0.2, 0.25) is 0 Å². The summed E-state index contributed by atoms with van der Waals surface area (Å²) < 4.78 is 5.60. The number of rotatable bonds is 2. The Bertz CT molecular complexity index is 524. The molecule has 0 spiro atoms. The number of pyridine rings is 1. The highest BCUT2D eigenvalue weighted by Gasteiger charge is 2.23. The van der Waals surface area contributed by atoms with Crippen molar-refractivity contribution in [2.75, 3.05) is 17.7 Å². The summed E-state index contributed by atoms with van der Waals surface area (Å²) in [7, 11) is 0. The van der Waals surface area contributed by atoms with Gasteiger partial charge in [-0.2, -0.15) is 0 Å². The van der Waals surface area contributed by atoms with Gasteiger partial charge < -0.3 is 15.8 Å². The summed E-state index contributed by atoms with van der Waals surface area (Å²) in [5, 5.41) is 3.38. The molecular formula is C13H13N3O. The van der Waals surface area contributed by atoms with Crippen LogP contribution in [0.4, 0.5) is 11.5 Å². The largest absolute Gasteiger partial charge is 0.491 e. The molecule has 17 heavy (non-hydrogen) atoms. The lowest BCUT2D eigenvalue weighted by molar-refractivity contribution is 0.340. The molecule has 0 radical (unpaired) electrons. The fourth-order valence-electron chi connectivity index (χ4n) is 1.97. The zero-order valence-corrected chi connectivity index (χ0v) is 9.26. The van der Waals surface area contributed by atoms with E-state index in [4.69, 9.17) is 10.5 Å². The summed E-state index contributed by atoms with van der Waals surface area (Å²) >= 11 is 0. The van der Waals surface area contributed by atoms with Crippen molar-refractivity contribution in [3.05, 3.63) is 48.2 Å². The number of nitrogens with zero attached hydrogens (tertiary/aromatic N) is 1. The van der Waals surface area contributed by atoms with E-state index in [0.29, 0.717) is 12.4 Å². The Kier molecular flexibility index (Phi) is 2.33. The van der Waals surface area contributed by atoms with Crippen LogP contribution in [-0.4, -0.2) is 11.6 Å². The van der Waals surface area contributed by atoms with Gasteiger partial charge in [0.05, 0.1) is 17.9 Å². The molecule has 0 fully saturated rings. The standard InChI is InChI=1S/C13H13N3O/c14-13-6-5-9(7-15-13)16-11-8-17-12-4-2-1-3-10(11)12/h1-7,11,16H,8H2,(H2,14,15). The molecule has 2 aromatic rings. The van der Waals surface area contributed by atoms with Crippen molar-refractivity contribution in [2.45, 2.75) is 6.04 Å². The van der Waals surface area contributed by atoms with Gasteiger partial charge in [0.1, 0.15) is 18.2 Å². The Hall–Kier alpha value is -2.23. The molecule has 3 rings (SSSR count). The number of ether oxygens (including phenoxy) is 1. The van der Waals surface area contributed by atoms with E-state index < -0.39 is 0 Å². The first-order chi connectivity index (χ1) is 8.33. The van der Waals surface area contributed by atoms with Crippen molar-refractivity contribution in [1.82, 2.24) is 4.98 Å². The predicted molar refractivity (Wildman–Crippen MR) is 67.0 cm³/mol. The number of para-hydroxylation sites is 1. The zero-order chi connectivity index (χ0) is 11.7. The van der Waals surface area contributed by atoms with Gasteiger partial charge in [0.25, 0.3) is 0 Å². The minimum atomic E-state index is 0.177. The number of hydrogen-bond acceptors (Lipinski definition) is 4. The Morgan fingerprint density at radius 2 is 2.12 bits per heavy atom.